The summed E-state index contributed by atoms with van der Waals surface area (Å²) in [5.41, 5.74) is -0.102. The van der Waals surface area contributed by atoms with Crippen molar-refractivity contribution < 1.29 is 9.90 Å². The van der Waals surface area contributed by atoms with Crippen LogP contribution >= 0.6 is 11.8 Å². The van der Waals surface area contributed by atoms with Crippen LogP contribution in [0.1, 0.15) is 16.3 Å². The van der Waals surface area contributed by atoms with Crippen molar-refractivity contribution in [1.29, 1.82) is 0 Å². The highest BCUT2D eigenvalue weighted by atomic mass is 32.2. The maximum absolute atomic E-state index is 10.9. The SMILES string of the molecule is Cc1nc(Sc2nccnc2C(=O)O)n[nH]1. The van der Waals surface area contributed by atoms with Crippen molar-refractivity contribution >= 4 is 17.7 Å². The molecule has 0 saturated carbocycles. The lowest BCUT2D eigenvalue weighted by atomic mass is 10.5. The van der Waals surface area contributed by atoms with Gasteiger partial charge in [0.2, 0.25) is 5.16 Å². The molecule has 2 aromatic rings. The standard InChI is InChI=1S/C8H7N5O2S/c1-4-11-8(13-12-4)16-6-5(7(14)15)9-2-3-10-6/h2-3H,1H3,(H,14,15)(H,11,12,13). The van der Waals surface area contributed by atoms with Gasteiger partial charge < -0.3 is 5.11 Å². The molecule has 2 heterocycles. The van der Waals surface area contributed by atoms with E-state index in [-0.39, 0.29) is 10.7 Å². The number of carbonyl (C=O) groups is 1. The van der Waals surface area contributed by atoms with Crippen molar-refractivity contribution in [2.45, 2.75) is 17.1 Å². The van der Waals surface area contributed by atoms with E-state index in [0.29, 0.717) is 11.0 Å². The molecule has 0 spiro atoms. The maximum atomic E-state index is 10.9. The molecule has 82 valence electrons. The van der Waals surface area contributed by atoms with Crippen LogP contribution in [0, 0.1) is 6.92 Å². The smallest absolute Gasteiger partial charge is 0.357 e. The largest absolute Gasteiger partial charge is 0.476 e. The van der Waals surface area contributed by atoms with Crippen LogP contribution in [0.15, 0.2) is 22.6 Å². The van der Waals surface area contributed by atoms with E-state index in [1.54, 1.807) is 6.92 Å². The number of H-pyrrole nitrogens is 1. The Morgan fingerprint density at radius 1 is 1.44 bits per heavy atom. The quantitative estimate of drug-likeness (QED) is 0.811. The molecular weight excluding hydrogens is 230 g/mol. The second-order valence-corrected chi connectivity index (χ2v) is 3.78. The fourth-order valence-corrected chi connectivity index (χ4v) is 1.80. The summed E-state index contributed by atoms with van der Waals surface area (Å²) in [6.45, 7) is 1.76. The minimum atomic E-state index is -1.12. The van der Waals surface area contributed by atoms with Crippen molar-refractivity contribution in [3.8, 4) is 0 Å². The number of carboxylic acid groups (broad SMARTS) is 1. The fraction of sp³-hybridized carbons (Fsp3) is 0.125. The normalized spacial score (nSPS) is 10.3. The van der Waals surface area contributed by atoms with Gasteiger partial charge in [0, 0.05) is 12.4 Å². The number of nitrogens with one attached hydrogen (secondary N) is 1. The molecule has 7 nitrogen and oxygen atoms in total. The third-order valence-corrected chi connectivity index (χ3v) is 2.49. The Morgan fingerprint density at radius 2 is 2.19 bits per heavy atom. The first-order chi connectivity index (χ1) is 7.66. The van der Waals surface area contributed by atoms with E-state index in [4.69, 9.17) is 5.11 Å². The Hall–Kier alpha value is -1.96. The molecule has 2 rings (SSSR count). The highest BCUT2D eigenvalue weighted by Crippen LogP contribution is 2.24. The van der Waals surface area contributed by atoms with Crippen LogP contribution in [0.3, 0.4) is 0 Å². The molecular formula is C8H7N5O2S. The van der Waals surface area contributed by atoms with Crippen molar-refractivity contribution in [2.75, 3.05) is 0 Å². The zero-order valence-electron chi connectivity index (χ0n) is 8.21. The van der Waals surface area contributed by atoms with E-state index in [1.807, 2.05) is 0 Å². The average molecular weight is 237 g/mol. The molecule has 0 aliphatic carbocycles. The van der Waals surface area contributed by atoms with Gasteiger partial charge in [-0.3, -0.25) is 5.10 Å². The lowest BCUT2D eigenvalue weighted by molar-refractivity contribution is 0.0685. The molecule has 8 heteroatoms. The molecule has 0 fully saturated rings. The topological polar surface area (TPSA) is 105 Å². The van der Waals surface area contributed by atoms with Crippen molar-refractivity contribution in [1.82, 2.24) is 25.1 Å². The Kier molecular flexibility index (Phi) is 2.82. The number of nitrogens with zero attached hydrogens (tertiary/aromatic N) is 4. The summed E-state index contributed by atoms with van der Waals surface area (Å²) in [6, 6.07) is 0. The van der Waals surface area contributed by atoms with Crippen LogP contribution in [-0.4, -0.2) is 36.2 Å². The Morgan fingerprint density at radius 3 is 2.81 bits per heavy atom. The zero-order valence-corrected chi connectivity index (χ0v) is 9.02. The number of carboxylic acids is 1. The number of aryl methyl sites for hydroxylation is 1. The van der Waals surface area contributed by atoms with Crippen LogP contribution in [0.2, 0.25) is 0 Å². The zero-order chi connectivity index (χ0) is 11.5. The van der Waals surface area contributed by atoms with Gasteiger partial charge in [-0.15, -0.1) is 5.10 Å². The van der Waals surface area contributed by atoms with Gasteiger partial charge >= 0.3 is 5.97 Å². The Bertz CT molecular complexity index is 527. The molecule has 0 aromatic carbocycles. The van der Waals surface area contributed by atoms with Gasteiger partial charge in [-0.25, -0.2) is 19.7 Å². The van der Waals surface area contributed by atoms with E-state index in [9.17, 15) is 4.79 Å². The molecule has 0 aliphatic rings. The molecule has 0 unspecified atom stereocenters. The van der Waals surface area contributed by atoms with Crippen molar-refractivity contribution in [2.24, 2.45) is 0 Å². The molecule has 2 N–H and O–H groups in total. The molecule has 0 saturated heterocycles. The number of aromatic amines is 1. The lowest BCUT2D eigenvalue weighted by Crippen LogP contribution is -2.03. The van der Waals surface area contributed by atoms with E-state index in [2.05, 4.69) is 25.1 Å². The summed E-state index contributed by atoms with van der Waals surface area (Å²) in [4.78, 5) is 22.6. The van der Waals surface area contributed by atoms with E-state index in [1.165, 1.54) is 12.4 Å². The summed E-state index contributed by atoms with van der Waals surface area (Å²) in [5, 5.41) is 16.1. The Labute approximate surface area is 94.4 Å². The highest BCUT2D eigenvalue weighted by Gasteiger charge is 2.15. The van der Waals surface area contributed by atoms with Gasteiger partial charge in [0.25, 0.3) is 0 Å². The van der Waals surface area contributed by atoms with Crippen molar-refractivity contribution in [3.63, 3.8) is 0 Å². The first kappa shape index (κ1) is 10.6. The van der Waals surface area contributed by atoms with E-state index in [0.717, 1.165) is 11.8 Å². The van der Waals surface area contributed by atoms with Gasteiger partial charge in [0.1, 0.15) is 10.9 Å². The van der Waals surface area contributed by atoms with E-state index >= 15 is 0 Å². The predicted octanol–water partition coefficient (Wildman–Crippen LogP) is 0.753. The highest BCUT2D eigenvalue weighted by molar-refractivity contribution is 7.99. The number of hydrogen-bond donors (Lipinski definition) is 2. The number of rotatable bonds is 3. The van der Waals surface area contributed by atoms with Crippen molar-refractivity contribution in [3.05, 3.63) is 23.9 Å². The summed E-state index contributed by atoms with van der Waals surface area (Å²) >= 11 is 1.06. The predicted molar refractivity (Wildman–Crippen MR) is 54.2 cm³/mol. The van der Waals surface area contributed by atoms with Gasteiger partial charge in [-0.1, -0.05) is 0 Å². The number of hydrogen-bond acceptors (Lipinski definition) is 6. The van der Waals surface area contributed by atoms with Crippen LogP contribution in [0.5, 0.6) is 0 Å². The minimum absolute atomic E-state index is 0.102. The van der Waals surface area contributed by atoms with Crippen LogP contribution in [-0.2, 0) is 0 Å². The third kappa shape index (κ3) is 2.16. The monoisotopic (exact) mass is 237 g/mol. The van der Waals surface area contributed by atoms with Gasteiger partial charge in [-0.2, -0.15) is 0 Å². The van der Waals surface area contributed by atoms with Gasteiger partial charge in [0.05, 0.1) is 0 Å². The summed E-state index contributed by atoms with van der Waals surface area (Å²) in [5.74, 6) is -0.467. The van der Waals surface area contributed by atoms with Gasteiger partial charge in [-0.05, 0) is 18.7 Å². The molecule has 0 aliphatic heterocycles. The molecule has 0 radical (unpaired) electrons. The third-order valence-electron chi connectivity index (χ3n) is 1.63. The first-order valence-electron chi connectivity index (χ1n) is 4.28. The van der Waals surface area contributed by atoms with Crippen LogP contribution in [0.4, 0.5) is 0 Å². The molecule has 0 bridgehead atoms. The number of aromatic carboxylic acids is 1. The molecule has 2 aromatic heterocycles. The van der Waals surface area contributed by atoms with E-state index < -0.39 is 5.97 Å². The summed E-state index contributed by atoms with van der Waals surface area (Å²) in [7, 11) is 0. The molecule has 16 heavy (non-hydrogen) atoms. The summed E-state index contributed by atoms with van der Waals surface area (Å²) in [6.07, 6.45) is 2.75. The van der Waals surface area contributed by atoms with Crippen LogP contribution in [0.25, 0.3) is 0 Å². The molecule has 0 amide bonds. The summed E-state index contributed by atoms with van der Waals surface area (Å²) < 4.78 is 0. The fourth-order valence-electron chi connectivity index (χ4n) is 1.00. The number of aromatic nitrogens is 5. The first-order valence-corrected chi connectivity index (χ1v) is 5.09. The van der Waals surface area contributed by atoms with Gasteiger partial charge in [0.15, 0.2) is 5.69 Å². The molecule has 0 atom stereocenters. The second kappa shape index (κ2) is 4.27. The lowest BCUT2D eigenvalue weighted by Gasteiger charge is -1.99. The maximum Gasteiger partial charge on any atom is 0.357 e. The Balaban J connectivity index is 2.31. The minimum Gasteiger partial charge on any atom is -0.476 e. The average Bonchev–Trinajstić information content (AvgIpc) is 2.64. The second-order valence-electron chi connectivity index (χ2n) is 2.82. The van der Waals surface area contributed by atoms with Crippen LogP contribution < -0.4 is 0 Å².